The minimum absolute atomic E-state index is 0.154. The molecule has 1 aliphatic rings. The lowest BCUT2D eigenvalue weighted by Crippen LogP contribution is -2.40. The zero-order valence-corrected chi connectivity index (χ0v) is 13.7. The van der Waals surface area contributed by atoms with Gasteiger partial charge in [0.25, 0.3) is 0 Å². The molecule has 2 N–H and O–H groups in total. The van der Waals surface area contributed by atoms with E-state index in [0.717, 1.165) is 32.1 Å². The first kappa shape index (κ1) is 16.5. The summed E-state index contributed by atoms with van der Waals surface area (Å²) in [7, 11) is 2.15. The fourth-order valence-corrected chi connectivity index (χ4v) is 2.70. The van der Waals surface area contributed by atoms with Crippen LogP contribution in [0.5, 0.6) is 0 Å². The van der Waals surface area contributed by atoms with Crippen molar-refractivity contribution in [3.05, 3.63) is 35.4 Å². The lowest BCUT2D eigenvalue weighted by molar-refractivity contribution is 0.0861. The van der Waals surface area contributed by atoms with Gasteiger partial charge in [-0.15, -0.1) is 0 Å². The molecule has 1 aromatic carbocycles. The van der Waals surface area contributed by atoms with Gasteiger partial charge in [-0.2, -0.15) is 0 Å². The maximum Gasteiger partial charge on any atom is 0.0593 e. The van der Waals surface area contributed by atoms with Crippen LogP contribution in [0.1, 0.15) is 43.4 Å². The second-order valence-corrected chi connectivity index (χ2v) is 6.43. The summed E-state index contributed by atoms with van der Waals surface area (Å²) in [5, 5.41) is 0. The highest BCUT2D eigenvalue weighted by atomic mass is 16.5. The van der Waals surface area contributed by atoms with E-state index in [4.69, 9.17) is 10.5 Å². The highest BCUT2D eigenvalue weighted by molar-refractivity contribution is 5.25. The monoisotopic (exact) mass is 290 g/mol. The third-order valence-corrected chi connectivity index (χ3v) is 4.41. The summed E-state index contributed by atoms with van der Waals surface area (Å²) >= 11 is 0. The van der Waals surface area contributed by atoms with E-state index in [1.165, 1.54) is 24.0 Å². The Morgan fingerprint density at radius 1 is 1.29 bits per heavy atom. The summed E-state index contributed by atoms with van der Waals surface area (Å²) < 4.78 is 5.76. The zero-order chi connectivity index (χ0) is 15.2. The molecular weight excluding hydrogens is 260 g/mol. The van der Waals surface area contributed by atoms with Gasteiger partial charge in [0.2, 0.25) is 0 Å². The van der Waals surface area contributed by atoms with Crippen molar-refractivity contribution in [2.45, 2.75) is 45.2 Å². The van der Waals surface area contributed by atoms with Crippen LogP contribution in [-0.4, -0.2) is 37.7 Å². The van der Waals surface area contributed by atoms with Crippen molar-refractivity contribution in [1.82, 2.24) is 4.90 Å². The number of rotatable bonds is 9. The summed E-state index contributed by atoms with van der Waals surface area (Å²) in [5.41, 5.74) is 8.96. The van der Waals surface area contributed by atoms with Crippen LogP contribution in [0, 0.1) is 12.8 Å². The standard InChI is InChI=1S/C18H30N2O/c1-4-17(19)18(16-9-5-14(2)6-10-16)20(3)11-12-21-13-15-7-8-15/h5-6,9-10,15,17-18H,4,7-8,11-13,19H2,1-3H3. The van der Waals surface area contributed by atoms with Crippen LogP contribution in [0.3, 0.4) is 0 Å². The van der Waals surface area contributed by atoms with Crippen molar-refractivity contribution in [1.29, 1.82) is 0 Å². The van der Waals surface area contributed by atoms with E-state index >= 15 is 0 Å². The molecule has 1 saturated carbocycles. The van der Waals surface area contributed by atoms with Gasteiger partial charge in [-0.25, -0.2) is 0 Å². The number of hydrogen-bond acceptors (Lipinski definition) is 3. The van der Waals surface area contributed by atoms with Gasteiger partial charge in [0.1, 0.15) is 0 Å². The first-order valence-electron chi connectivity index (χ1n) is 8.22. The first-order valence-corrected chi connectivity index (χ1v) is 8.22. The third-order valence-electron chi connectivity index (χ3n) is 4.41. The predicted octanol–water partition coefficient (Wildman–Crippen LogP) is 3.13. The summed E-state index contributed by atoms with van der Waals surface area (Å²) in [6, 6.07) is 9.17. The van der Waals surface area contributed by atoms with Crippen molar-refractivity contribution in [3.8, 4) is 0 Å². The Bertz CT molecular complexity index is 414. The van der Waals surface area contributed by atoms with Gasteiger partial charge < -0.3 is 10.5 Å². The smallest absolute Gasteiger partial charge is 0.0593 e. The Balaban J connectivity index is 1.91. The Hall–Kier alpha value is -0.900. The normalized spacial score (nSPS) is 18.0. The fourth-order valence-electron chi connectivity index (χ4n) is 2.70. The molecule has 0 bridgehead atoms. The molecule has 2 unspecified atom stereocenters. The van der Waals surface area contributed by atoms with Crippen LogP contribution in [0.2, 0.25) is 0 Å². The summed E-state index contributed by atoms with van der Waals surface area (Å²) in [6.45, 7) is 6.94. The van der Waals surface area contributed by atoms with Crippen LogP contribution in [0.25, 0.3) is 0 Å². The number of benzene rings is 1. The molecule has 3 nitrogen and oxygen atoms in total. The first-order chi connectivity index (χ1) is 10.1. The Morgan fingerprint density at radius 2 is 1.95 bits per heavy atom. The molecule has 0 spiro atoms. The second-order valence-electron chi connectivity index (χ2n) is 6.43. The molecule has 0 saturated heterocycles. The molecule has 0 heterocycles. The van der Waals surface area contributed by atoms with Gasteiger partial charge in [-0.05, 0) is 44.7 Å². The van der Waals surface area contributed by atoms with E-state index in [2.05, 4.69) is 50.1 Å². The van der Waals surface area contributed by atoms with Crippen molar-refractivity contribution >= 4 is 0 Å². The minimum atomic E-state index is 0.154. The molecule has 1 fully saturated rings. The Kier molecular flexibility index (Phi) is 6.22. The lowest BCUT2D eigenvalue weighted by Gasteiger charge is -2.32. The predicted molar refractivity (Wildman–Crippen MR) is 88.4 cm³/mol. The Morgan fingerprint density at radius 3 is 2.52 bits per heavy atom. The lowest BCUT2D eigenvalue weighted by atomic mass is 9.96. The van der Waals surface area contributed by atoms with Crippen LogP contribution in [0.4, 0.5) is 0 Å². The van der Waals surface area contributed by atoms with Crippen LogP contribution in [0.15, 0.2) is 24.3 Å². The van der Waals surface area contributed by atoms with Gasteiger partial charge in [-0.3, -0.25) is 4.90 Å². The number of nitrogens with zero attached hydrogens (tertiary/aromatic N) is 1. The number of hydrogen-bond donors (Lipinski definition) is 1. The number of ether oxygens (including phenoxy) is 1. The maximum absolute atomic E-state index is 6.37. The molecule has 2 rings (SSSR count). The van der Waals surface area contributed by atoms with E-state index in [0.29, 0.717) is 0 Å². The molecule has 3 heteroatoms. The van der Waals surface area contributed by atoms with Gasteiger partial charge in [0.05, 0.1) is 6.61 Å². The molecule has 1 aromatic rings. The molecule has 21 heavy (non-hydrogen) atoms. The number of aryl methyl sites for hydroxylation is 1. The van der Waals surface area contributed by atoms with Gasteiger partial charge in [-0.1, -0.05) is 36.8 Å². The topological polar surface area (TPSA) is 38.5 Å². The largest absolute Gasteiger partial charge is 0.380 e. The van der Waals surface area contributed by atoms with Crippen LogP contribution >= 0.6 is 0 Å². The minimum Gasteiger partial charge on any atom is -0.380 e. The van der Waals surface area contributed by atoms with Crippen molar-refractivity contribution in [2.75, 3.05) is 26.8 Å². The fraction of sp³-hybridized carbons (Fsp3) is 0.667. The Labute approximate surface area is 129 Å². The number of nitrogens with two attached hydrogens (primary N) is 1. The average molecular weight is 290 g/mol. The van der Waals surface area contributed by atoms with Gasteiger partial charge in [0, 0.05) is 25.2 Å². The molecule has 0 aromatic heterocycles. The zero-order valence-electron chi connectivity index (χ0n) is 13.7. The van der Waals surface area contributed by atoms with Crippen molar-refractivity contribution in [3.63, 3.8) is 0 Å². The van der Waals surface area contributed by atoms with Crippen LogP contribution < -0.4 is 5.73 Å². The van der Waals surface area contributed by atoms with E-state index in [1.54, 1.807) is 0 Å². The van der Waals surface area contributed by atoms with Crippen molar-refractivity contribution < 1.29 is 4.74 Å². The maximum atomic E-state index is 6.37. The second kappa shape index (κ2) is 7.92. The van der Waals surface area contributed by atoms with Crippen LogP contribution in [-0.2, 0) is 4.74 Å². The molecule has 0 amide bonds. The van der Waals surface area contributed by atoms with E-state index in [1.807, 2.05) is 0 Å². The highest BCUT2D eigenvalue weighted by Crippen LogP contribution is 2.29. The van der Waals surface area contributed by atoms with Crippen molar-refractivity contribution in [2.24, 2.45) is 11.7 Å². The molecule has 2 atom stereocenters. The average Bonchev–Trinajstić information content (AvgIpc) is 3.30. The van der Waals surface area contributed by atoms with E-state index < -0.39 is 0 Å². The molecule has 118 valence electrons. The molecule has 0 aliphatic heterocycles. The SMILES string of the molecule is CCC(N)C(c1ccc(C)cc1)N(C)CCOCC1CC1. The number of likely N-dealkylation sites (N-methyl/N-ethyl adjacent to an activating group) is 1. The summed E-state index contributed by atoms with van der Waals surface area (Å²) in [6.07, 6.45) is 3.68. The van der Waals surface area contributed by atoms with E-state index in [9.17, 15) is 0 Å². The molecule has 1 aliphatic carbocycles. The van der Waals surface area contributed by atoms with Gasteiger partial charge >= 0.3 is 0 Å². The molecular formula is C18H30N2O. The highest BCUT2D eigenvalue weighted by Gasteiger charge is 2.24. The quantitative estimate of drug-likeness (QED) is 0.710. The summed E-state index contributed by atoms with van der Waals surface area (Å²) in [4.78, 5) is 2.34. The van der Waals surface area contributed by atoms with E-state index in [-0.39, 0.29) is 12.1 Å². The third kappa shape index (κ3) is 5.10. The van der Waals surface area contributed by atoms with Gasteiger partial charge in [0.15, 0.2) is 0 Å². The summed E-state index contributed by atoms with van der Waals surface area (Å²) in [5.74, 6) is 0.834. The molecule has 0 radical (unpaired) electrons.